The number of nitrogens with zero attached hydrogens (tertiary/aromatic N) is 2. The molecule has 1 heterocycles. The second-order valence-electron chi connectivity index (χ2n) is 4.76. The third-order valence-corrected chi connectivity index (χ3v) is 4.36. The summed E-state index contributed by atoms with van der Waals surface area (Å²) in [5.41, 5.74) is 1.10. The topological polar surface area (TPSA) is 101 Å². The van der Waals surface area contributed by atoms with E-state index in [2.05, 4.69) is 20.0 Å². The van der Waals surface area contributed by atoms with Crippen molar-refractivity contribution in [3.05, 3.63) is 42.2 Å². The van der Waals surface area contributed by atoms with E-state index in [-0.39, 0.29) is 16.8 Å². The molecule has 0 aliphatic heterocycles. The number of alkyl halides is 1. The molecule has 0 aliphatic carbocycles. The molecule has 0 radical (unpaired) electrons. The van der Waals surface area contributed by atoms with Crippen LogP contribution in [0, 0.1) is 6.92 Å². The van der Waals surface area contributed by atoms with Crippen LogP contribution in [-0.4, -0.2) is 29.7 Å². The number of hydrogen-bond donors (Lipinski definition) is 2. The number of carbonyl (C=O) groups excluding carboxylic acids is 1. The minimum Gasteiger partial charge on any atom is -0.325 e. The molecule has 1 aromatic carbocycles. The summed E-state index contributed by atoms with van der Waals surface area (Å²) < 4.78 is 26.8. The van der Waals surface area contributed by atoms with E-state index in [0.29, 0.717) is 11.4 Å². The number of amides is 1. The van der Waals surface area contributed by atoms with E-state index in [1.165, 1.54) is 30.5 Å². The highest BCUT2D eigenvalue weighted by molar-refractivity contribution is 7.92. The van der Waals surface area contributed by atoms with E-state index in [1.807, 2.05) is 0 Å². The van der Waals surface area contributed by atoms with Crippen LogP contribution >= 0.6 is 11.6 Å². The van der Waals surface area contributed by atoms with Gasteiger partial charge in [0.05, 0.1) is 4.90 Å². The average molecular weight is 355 g/mol. The van der Waals surface area contributed by atoms with Crippen molar-refractivity contribution in [2.75, 3.05) is 10.0 Å². The second-order valence-corrected chi connectivity index (χ2v) is 7.09. The lowest BCUT2D eigenvalue weighted by molar-refractivity contribution is -0.115. The van der Waals surface area contributed by atoms with Crippen molar-refractivity contribution < 1.29 is 13.2 Å². The van der Waals surface area contributed by atoms with Crippen LogP contribution in [0.5, 0.6) is 0 Å². The standard InChI is InChI=1S/C14H15ClN4O3S/c1-9-7-8-16-14(17-9)19-23(21,22)12-5-3-11(4-6-12)18-13(20)10(2)15/h3-8,10H,1-2H3,(H,18,20)(H,16,17,19)/t10-/m0/s1. The van der Waals surface area contributed by atoms with Crippen molar-refractivity contribution in [3.8, 4) is 0 Å². The SMILES string of the molecule is Cc1ccnc(NS(=O)(=O)c2ccc(NC(=O)[C@H](C)Cl)cc2)n1. The van der Waals surface area contributed by atoms with Gasteiger partial charge in [-0.3, -0.25) is 4.79 Å². The van der Waals surface area contributed by atoms with E-state index in [1.54, 1.807) is 19.9 Å². The smallest absolute Gasteiger partial charge is 0.264 e. The summed E-state index contributed by atoms with van der Waals surface area (Å²) in [5.74, 6) is -0.369. The minimum atomic E-state index is -3.81. The van der Waals surface area contributed by atoms with Crippen molar-refractivity contribution in [1.29, 1.82) is 0 Å². The monoisotopic (exact) mass is 354 g/mol. The van der Waals surface area contributed by atoms with Gasteiger partial charge in [0, 0.05) is 17.6 Å². The van der Waals surface area contributed by atoms with Crippen LogP contribution < -0.4 is 10.0 Å². The minimum absolute atomic E-state index is 0.00153. The van der Waals surface area contributed by atoms with Crippen LogP contribution in [-0.2, 0) is 14.8 Å². The first-order chi connectivity index (χ1) is 10.8. The van der Waals surface area contributed by atoms with E-state index >= 15 is 0 Å². The van der Waals surface area contributed by atoms with Gasteiger partial charge in [0.25, 0.3) is 10.0 Å². The molecule has 0 spiro atoms. The highest BCUT2D eigenvalue weighted by Gasteiger charge is 2.16. The molecule has 0 unspecified atom stereocenters. The summed E-state index contributed by atoms with van der Waals surface area (Å²) in [6.45, 7) is 3.27. The molecule has 122 valence electrons. The maximum atomic E-state index is 12.3. The Kier molecular flexibility index (Phi) is 5.17. The van der Waals surface area contributed by atoms with Crippen LogP contribution in [0.15, 0.2) is 41.4 Å². The number of halogens is 1. The van der Waals surface area contributed by atoms with Gasteiger partial charge >= 0.3 is 0 Å². The Hall–Kier alpha value is -2.19. The summed E-state index contributed by atoms with van der Waals surface area (Å²) in [6, 6.07) is 7.35. The molecule has 9 heteroatoms. The molecule has 1 aromatic heterocycles. The fraction of sp³-hybridized carbons (Fsp3) is 0.214. The summed E-state index contributed by atoms with van der Waals surface area (Å²) in [4.78, 5) is 19.3. The molecule has 2 aromatic rings. The zero-order chi connectivity index (χ0) is 17.0. The normalized spacial score (nSPS) is 12.5. The molecule has 0 aliphatic rings. The molecule has 23 heavy (non-hydrogen) atoms. The largest absolute Gasteiger partial charge is 0.325 e. The van der Waals surface area contributed by atoms with Crippen LogP contribution in [0.2, 0.25) is 0 Å². The molecule has 0 fully saturated rings. The summed E-state index contributed by atoms with van der Waals surface area (Å²) >= 11 is 5.65. The first-order valence-electron chi connectivity index (χ1n) is 6.65. The lowest BCUT2D eigenvalue weighted by Gasteiger charge is -2.09. The van der Waals surface area contributed by atoms with Gasteiger partial charge in [-0.2, -0.15) is 0 Å². The zero-order valence-electron chi connectivity index (χ0n) is 12.4. The molecule has 2 N–H and O–H groups in total. The van der Waals surface area contributed by atoms with Gasteiger partial charge in [0.1, 0.15) is 5.38 Å². The van der Waals surface area contributed by atoms with E-state index in [4.69, 9.17) is 11.6 Å². The van der Waals surface area contributed by atoms with Crippen LogP contribution in [0.1, 0.15) is 12.6 Å². The maximum Gasteiger partial charge on any atom is 0.264 e. The quantitative estimate of drug-likeness (QED) is 0.801. The summed E-state index contributed by atoms with van der Waals surface area (Å²) in [6.07, 6.45) is 1.46. The number of sulfonamides is 1. The van der Waals surface area contributed by atoms with E-state index in [9.17, 15) is 13.2 Å². The molecule has 1 atom stereocenters. The predicted octanol–water partition coefficient (Wildman–Crippen LogP) is 2.15. The first kappa shape index (κ1) is 17.2. The van der Waals surface area contributed by atoms with Gasteiger partial charge in [-0.1, -0.05) is 0 Å². The average Bonchev–Trinajstić information content (AvgIpc) is 2.47. The van der Waals surface area contributed by atoms with Crippen molar-refractivity contribution in [3.63, 3.8) is 0 Å². The maximum absolute atomic E-state index is 12.3. The molecule has 0 saturated carbocycles. The Balaban J connectivity index is 2.16. The zero-order valence-corrected chi connectivity index (χ0v) is 14.0. The highest BCUT2D eigenvalue weighted by atomic mass is 35.5. The predicted molar refractivity (Wildman–Crippen MR) is 88.0 cm³/mol. The molecule has 0 saturated heterocycles. The number of hydrogen-bond acceptors (Lipinski definition) is 5. The highest BCUT2D eigenvalue weighted by Crippen LogP contribution is 2.17. The summed E-state index contributed by atoms with van der Waals surface area (Å²) in [5, 5.41) is 1.88. The van der Waals surface area contributed by atoms with E-state index in [0.717, 1.165) is 0 Å². The Labute approximate surface area is 139 Å². The number of aryl methyl sites for hydroxylation is 1. The fourth-order valence-electron chi connectivity index (χ4n) is 1.64. The molecule has 7 nitrogen and oxygen atoms in total. The van der Waals surface area contributed by atoms with Crippen molar-refractivity contribution in [2.24, 2.45) is 0 Å². The van der Waals surface area contributed by atoms with Crippen LogP contribution in [0.4, 0.5) is 11.6 Å². The van der Waals surface area contributed by atoms with Gasteiger partial charge in [-0.05, 0) is 44.2 Å². The lowest BCUT2D eigenvalue weighted by Crippen LogP contribution is -2.20. The number of anilines is 2. The number of rotatable bonds is 5. The molecular weight excluding hydrogens is 340 g/mol. The van der Waals surface area contributed by atoms with E-state index < -0.39 is 15.4 Å². The molecule has 2 rings (SSSR count). The van der Waals surface area contributed by atoms with Gasteiger partial charge < -0.3 is 5.32 Å². The van der Waals surface area contributed by atoms with Gasteiger partial charge in [-0.15, -0.1) is 11.6 Å². The van der Waals surface area contributed by atoms with Gasteiger partial charge in [-0.25, -0.2) is 23.1 Å². The Morgan fingerprint density at radius 2 is 1.87 bits per heavy atom. The number of aromatic nitrogens is 2. The van der Waals surface area contributed by atoms with Gasteiger partial charge in [0.15, 0.2) is 0 Å². The third-order valence-electron chi connectivity index (χ3n) is 2.81. The number of nitrogens with one attached hydrogen (secondary N) is 2. The lowest BCUT2D eigenvalue weighted by atomic mass is 10.3. The molecule has 1 amide bonds. The van der Waals surface area contributed by atoms with Crippen molar-refractivity contribution in [1.82, 2.24) is 9.97 Å². The number of benzene rings is 1. The van der Waals surface area contributed by atoms with Crippen LogP contribution in [0.25, 0.3) is 0 Å². The Morgan fingerprint density at radius 1 is 1.22 bits per heavy atom. The Bertz CT molecular complexity index is 807. The van der Waals surface area contributed by atoms with Gasteiger partial charge in [0.2, 0.25) is 11.9 Å². The molecular formula is C14H15ClN4O3S. The van der Waals surface area contributed by atoms with Crippen molar-refractivity contribution in [2.45, 2.75) is 24.1 Å². The van der Waals surface area contributed by atoms with Crippen LogP contribution in [0.3, 0.4) is 0 Å². The summed E-state index contributed by atoms with van der Waals surface area (Å²) in [7, 11) is -3.81. The second kappa shape index (κ2) is 6.93. The molecule has 0 bridgehead atoms. The first-order valence-corrected chi connectivity index (χ1v) is 8.57. The Morgan fingerprint density at radius 3 is 2.43 bits per heavy atom. The van der Waals surface area contributed by atoms with Crippen molar-refractivity contribution >= 4 is 39.2 Å². The third kappa shape index (κ3) is 4.64. The fourth-order valence-corrected chi connectivity index (χ4v) is 2.64. The number of carbonyl (C=O) groups is 1.